The molecule has 2 nitrogen and oxygen atoms in total. The largest absolute Gasteiger partial charge is 0.292 e. The highest BCUT2D eigenvalue weighted by Crippen LogP contribution is 2.44. The molecule has 0 spiro atoms. The van der Waals surface area contributed by atoms with Gasteiger partial charge in [-0.15, -0.1) is 0 Å². The van der Waals surface area contributed by atoms with Crippen molar-refractivity contribution in [1.82, 2.24) is 9.55 Å². The summed E-state index contributed by atoms with van der Waals surface area (Å²) in [4.78, 5) is 5.22. The molecule has 0 N–H and O–H groups in total. The highest BCUT2D eigenvalue weighted by atomic mass is 15.1. The monoisotopic (exact) mass is 722 g/mol. The summed E-state index contributed by atoms with van der Waals surface area (Å²) < 4.78 is 2.29. The van der Waals surface area contributed by atoms with E-state index in [0.29, 0.717) is 0 Å². The number of imidazole rings is 1. The molecular formula is C55H34N2. The second kappa shape index (κ2) is 12.5. The van der Waals surface area contributed by atoms with Gasteiger partial charge in [0.25, 0.3) is 0 Å². The third-order valence-electron chi connectivity index (χ3n) is 12.0. The molecule has 1 aromatic heterocycles. The molecule has 0 aliphatic carbocycles. The highest BCUT2D eigenvalue weighted by Gasteiger charge is 2.19. The van der Waals surface area contributed by atoms with Crippen molar-refractivity contribution in [1.29, 1.82) is 0 Å². The zero-order valence-electron chi connectivity index (χ0n) is 31.0. The van der Waals surface area contributed by atoms with Crippen LogP contribution in [-0.4, -0.2) is 9.55 Å². The molecule has 0 aliphatic rings. The summed E-state index contributed by atoms with van der Waals surface area (Å²) in [5.74, 6) is 0.942. The van der Waals surface area contributed by atoms with E-state index < -0.39 is 0 Å². The number of para-hydroxylation sites is 3. The van der Waals surface area contributed by atoms with Gasteiger partial charge in [-0.05, 0) is 123 Å². The molecule has 12 aromatic rings. The molecule has 0 unspecified atom stereocenters. The van der Waals surface area contributed by atoms with Crippen LogP contribution in [0.2, 0.25) is 0 Å². The van der Waals surface area contributed by atoms with Gasteiger partial charge in [0.2, 0.25) is 0 Å². The van der Waals surface area contributed by atoms with Crippen LogP contribution in [0.25, 0.3) is 115 Å². The first-order valence-corrected chi connectivity index (χ1v) is 19.6. The van der Waals surface area contributed by atoms with E-state index in [2.05, 4.69) is 211 Å². The van der Waals surface area contributed by atoms with E-state index in [9.17, 15) is 0 Å². The lowest BCUT2D eigenvalue weighted by Gasteiger charge is -2.17. The van der Waals surface area contributed by atoms with Gasteiger partial charge in [0.15, 0.2) is 0 Å². The quantitative estimate of drug-likeness (QED) is 0.165. The first-order chi connectivity index (χ1) is 28.3. The van der Waals surface area contributed by atoms with Crippen LogP contribution in [0.4, 0.5) is 0 Å². The van der Waals surface area contributed by atoms with Gasteiger partial charge in [-0.1, -0.05) is 170 Å². The maximum Gasteiger partial charge on any atom is 0.146 e. The molecule has 0 saturated heterocycles. The minimum absolute atomic E-state index is 0.942. The number of nitrogens with zero attached hydrogens (tertiary/aromatic N) is 2. The molecule has 0 aliphatic heterocycles. The molecule has 0 fully saturated rings. The zero-order valence-corrected chi connectivity index (χ0v) is 31.0. The van der Waals surface area contributed by atoms with Crippen molar-refractivity contribution in [2.45, 2.75) is 0 Å². The SMILES string of the molecule is c1ccc(-n2c(-c3ccc(-c4ccc(-c5cc6cccc7c8ccccc8c8ccccc8c8cccc5c8c67)cc4)c4ccccc34)nc3ccccc32)cc1. The molecule has 11 aromatic carbocycles. The first kappa shape index (κ1) is 31.8. The van der Waals surface area contributed by atoms with Crippen molar-refractivity contribution < 1.29 is 0 Å². The smallest absolute Gasteiger partial charge is 0.146 e. The minimum Gasteiger partial charge on any atom is -0.292 e. The molecule has 0 saturated carbocycles. The average Bonchev–Trinajstić information content (AvgIpc) is 3.67. The summed E-state index contributed by atoms with van der Waals surface area (Å²) in [5, 5.41) is 15.2. The van der Waals surface area contributed by atoms with E-state index in [1.165, 1.54) is 86.9 Å². The normalized spacial score (nSPS) is 11.9. The Morgan fingerprint density at radius 3 is 1.51 bits per heavy atom. The highest BCUT2D eigenvalue weighted by molar-refractivity contribution is 6.34. The van der Waals surface area contributed by atoms with Crippen LogP contribution in [0.3, 0.4) is 0 Å². The zero-order chi connectivity index (χ0) is 37.5. The fourth-order valence-electron chi connectivity index (χ4n) is 9.46. The minimum atomic E-state index is 0.942. The average molecular weight is 723 g/mol. The van der Waals surface area contributed by atoms with Crippen LogP contribution in [0, 0.1) is 0 Å². The van der Waals surface area contributed by atoms with Crippen LogP contribution in [0.5, 0.6) is 0 Å². The fourth-order valence-corrected chi connectivity index (χ4v) is 9.46. The Bertz CT molecular complexity index is 3560. The van der Waals surface area contributed by atoms with E-state index in [-0.39, 0.29) is 0 Å². The van der Waals surface area contributed by atoms with E-state index in [0.717, 1.165) is 28.1 Å². The van der Waals surface area contributed by atoms with Crippen molar-refractivity contribution in [2.24, 2.45) is 0 Å². The number of fused-ring (bicyclic) bond motifs is 7. The molecule has 264 valence electrons. The van der Waals surface area contributed by atoms with Gasteiger partial charge in [-0.2, -0.15) is 0 Å². The summed E-state index contributed by atoms with van der Waals surface area (Å²) in [7, 11) is 0. The van der Waals surface area contributed by atoms with Crippen LogP contribution < -0.4 is 0 Å². The Morgan fingerprint density at radius 2 is 0.807 bits per heavy atom. The van der Waals surface area contributed by atoms with Crippen molar-refractivity contribution in [3.63, 3.8) is 0 Å². The second-order valence-electron chi connectivity index (χ2n) is 15.0. The molecule has 1 heterocycles. The molecule has 0 atom stereocenters. The Hall–Kier alpha value is -7.55. The third kappa shape index (κ3) is 4.81. The summed E-state index contributed by atoms with van der Waals surface area (Å²) in [6, 6.07) is 75.2. The Kier molecular flexibility index (Phi) is 6.96. The lowest BCUT2D eigenvalue weighted by molar-refractivity contribution is 1.11. The molecular weight excluding hydrogens is 689 g/mol. The van der Waals surface area contributed by atoms with Crippen LogP contribution in [0.15, 0.2) is 206 Å². The number of aromatic nitrogens is 2. The van der Waals surface area contributed by atoms with Gasteiger partial charge in [-0.25, -0.2) is 4.98 Å². The van der Waals surface area contributed by atoms with Crippen molar-refractivity contribution in [3.05, 3.63) is 206 Å². The number of hydrogen-bond acceptors (Lipinski definition) is 1. The lowest BCUT2D eigenvalue weighted by Crippen LogP contribution is -1.98. The molecule has 0 radical (unpaired) electrons. The van der Waals surface area contributed by atoms with E-state index in [1.54, 1.807) is 0 Å². The molecule has 57 heavy (non-hydrogen) atoms. The van der Waals surface area contributed by atoms with Gasteiger partial charge in [0.05, 0.1) is 11.0 Å². The van der Waals surface area contributed by atoms with Gasteiger partial charge >= 0.3 is 0 Å². The number of benzene rings is 10. The van der Waals surface area contributed by atoms with E-state index >= 15 is 0 Å². The number of rotatable bonds is 4. The topological polar surface area (TPSA) is 17.8 Å². The predicted molar refractivity (Wildman–Crippen MR) is 242 cm³/mol. The lowest BCUT2D eigenvalue weighted by atomic mass is 9.86. The fraction of sp³-hybridized carbons (Fsp3) is 0. The second-order valence-corrected chi connectivity index (χ2v) is 15.0. The molecule has 12 rings (SSSR count). The predicted octanol–water partition coefficient (Wildman–Crippen LogP) is 14.9. The molecule has 0 bridgehead atoms. The Morgan fingerprint density at radius 1 is 0.316 bits per heavy atom. The van der Waals surface area contributed by atoms with E-state index in [4.69, 9.17) is 4.98 Å². The van der Waals surface area contributed by atoms with Crippen molar-refractivity contribution in [3.8, 4) is 39.3 Å². The van der Waals surface area contributed by atoms with Crippen LogP contribution >= 0.6 is 0 Å². The summed E-state index contributed by atoms with van der Waals surface area (Å²) >= 11 is 0. The maximum absolute atomic E-state index is 5.22. The summed E-state index contributed by atoms with van der Waals surface area (Å²) in [6.45, 7) is 0. The summed E-state index contributed by atoms with van der Waals surface area (Å²) in [6.07, 6.45) is 0. The van der Waals surface area contributed by atoms with Crippen LogP contribution in [-0.2, 0) is 0 Å². The Balaban J connectivity index is 1.04. The maximum atomic E-state index is 5.22. The standard InChI is InChI=1S/C55H34N2/c1-2-15-38(16-3-1)57-52-27-11-10-26-51(52)56-55(57)49-33-32-39(40-17-4-9-22-45(40)49)35-28-30-36(31-29-35)50-34-37-14-12-23-46-43-20-7-5-18-41(43)42-19-6-8-21-44(42)47-24-13-25-48(50)54(47)53(37)46/h1-34H. The van der Waals surface area contributed by atoms with Gasteiger partial charge in [0, 0.05) is 11.3 Å². The Labute approximate surface area is 329 Å². The van der Waals surface area contributed by atoms with Crippen molar-refractivity contribution >= 4 is 75.7 Å². The van der Waals surface area contributed by atoms with Gasteiger partial charge in [0.1, 0.15) is 5.82 Å². The molecule has 0 amide bonds. The van der Waals surface area contributed by atoms with Gasteiger partial charge < -0.3 is 0 Å². The molecule has 2 heteroatoms. The summed E-state index contributed by atoms with van der Waals surface area (Å²) in [5.41, 5.74) is 9.13. The third-order valence-corrected chi connectivity index (χ3v) is 12.0. The van der Waals surface area contributed by atoms with E-state index in [1.807, 2.05) is 0 Å². The number of hydrogen-bond donors (Lipinski definition) is 0. The van der Waals surface area contributed by atoms with Gasteiger partial charge in [-0.3, -0.25) is 4.57 Å². The first-order valence-electron chi connectivity index (χ1n) is 19.6. The van der Waals surface area contributed by atoms with Crippen LogP contribution in [0.1, 0.15) is 0 Å². The van der Waals surface area contributed by atoms with Crippen molar-refractivity contribution in [2.75, 3.05) is 0 Å².